The molecule has 6 nitrogen and oxygen atoms in total. The van der Waals surface area contributed by atoms with E-state index in [0.29, 0.717) is 19.4 Å². The molecule has 0 fully saturated rings. The van der Waals surface area contributed by atoms with Gasteiger partial charge in [-0.2, -0.15) is 0 Å². The number of aliphatic hydroxyl groups excluding tert-OH is 2. The topological polar surface area (TPSA) is 95.9 Å². The third-order valence-corrected chi connectivity index (χ3v) is 16.5. The number of amides is 1. The van der Waals surface area contributed by atoms with Gasteiger partial charge in [-0.1, -0.05) is 346 Å². The molecule has 0 radical (unpaired) electrons. The normalized spacial score (nSPS) is 12.6. The predicted octanol–water partition coefficient (Wildman–Crippen LogP) is 22.5. The lowest BCUT2D eigenvalue weighted by atomic mass is 10.0. The Morgan fingerprint density at radius 1 is 0.351 bits per heavy atom. The fraction of sp³-hybridized carbons (Fsp3) is 0.915. The highest BCUT2D eigenvalue weighted by molar-refractivity contribution is 5.76. The molecule has 6 heteroatoms. The van der Waals surface area contributed by atoms with E-state index < -0.39 is 12.1 Å². The summed E-state index contributed by atoms with van der Waals surface area (Å²) in [5.41, 5.74) is 0. The minimum absolute atomic E-state index is 0.0124. The molecule has 0 saturated heterocycles. The maximum atomic E-state index is 12.5. The number of ether oxygens (including phenoxy) is 1. The third kappa shape index (κ3) is 63.4. The second-order valence-electron chi connectivity index (χ2n) is 24.2. The molecule has 77 heavy (non-hydrogen) atoms. The van der Waals surface area contributed by atoms with Crippen molar-refractivity contribution < 1.29 is 24.5 Å². The highest BCUT2D eigenvalue weighted by atomic mass is 16.5. The Bertz CT molecular complexity index is 1200. The molecule has 0 aliphatic heterocycles. The summed E-state index contributed by atoms with van der Waals surface area (Å²) in [5, 5.41) is 23.2. The quantitative estimate of drug-likeness (QED) is 0.0320. The Morgan fingerprint density at radius 2 is 0.610 bits per heavy atom. The number of esters is 1. The molecule has 0 rings (SSSR count). The number of carbonyl (C=O) groups excluding carboxylic acids is 2. The van der Waals surface area contributed by atoms with Crippen molar-refractivity contribution in [3.05, 3.63) is 24.3 Å². The zero-order valence-electron chi connectivity index (χ0n) is 52.2. The second kappa shape index (κ2) is 66.8. The van der Waals surface area contributed by atoms with E-state index in [1.165, 1.54) is 321 Å². The van der Waals surface area contributed by atoms with Gasteiger partial charge in [-0.15, -0.1) is 0 Å². The first-order chi connectivity index (χ1) is 38.0. The Hall–Kier alpha value is -1.66. The summed E-state index contributed by atoms with van der Waals surface area (Å²) in [6, 6.07) is -0.627. The van der Waals surface area contributed by atoms with Crippen molar-refractivity contribution in [2.24, 2.45) is 0 Å². The predicted molar refractivity (Wildman–Crippen MR) is 338 cm³/mol. The second-order valence-corrected chi connectivity index (χ2v) is 24.2. The van der Waals surface area contributed by atoms with Crippen LogP contribution in [0.1, 0.15) is 393 Å². The summed E-state index contributed by atoms with van der Waals surface area (Å²) < 4.78 is 5.50. The van der Waals surface area contributed by atoms with E-state index in [1.54, 1.807) is 6.08 Å². The van der Waals surface area contributed by atoms with Crippen molar-refractivity contribution in [1.29, 1.82) is 0 Å². The molecule has 0 heterocycles. The summed E-state index contributed by atoms with van der Waals surface area (Å²) in [4.78, 5) is 24.6. The van der Waals surface area contributed by atoms with Crippen LogP contribution in [0.25, 0.3) is 0 Å². The summed E-state index contributed by atoms with van der Waals surface area (Å²) in [6.07, 6.45) is 83.9. The number of aliphatic hydroxyl groups is 2. The highest BCUT2D eigenvalue weighted by Gasteiger charge is 2.18. The van der Waals surface area contributed by atoms with Crippen LogP contribution in [-0.2, 0) is 14.3 Å². The highest BCUT2D eigenvalue weighted by Crippen LogP contribution is 2.19. The van der Waals surface area contributed by atoms with Crippen molar-refractivity contribution in [1.82, 2.24) is 5.32 Å². The van der Waals surface area contributed by atoms with Crippen LogP contribution in [0.3, 0.4) is 0 Å². The van der Waals surface area contributed by atoms with E-state index in [4.69, 9.17) is 4.74 Å². The van der Waals surface area contributed by atoms with Gasteiger partial charge >= 0.3 is 5.97 Å². The van der Waals surface area contributed by atoms with Crippen LogP contribution in [0.15, 0.2) is 24.3 Å². The molecule has 0 saturated carbocycles. The number of carbonyl (C=O) groups is 2. The number of hydrogen-bond donors (Lipinski definition) is 3. The largest absolute Gasteiger partial charge is 0.466 e. The summed E-state index contributed by atoms with van der Waals surface area (Å²) >= 11 is 0. The van der Waals surface area contributed by atoms with Gasteiger partial charge in [0.05, 0.1) is 25.4 Å². The van der Waals surface area contributed by atoms with Gasteiger partial charge in [0.25, 0.3) is 0 Å². The van der Waals surface area contributed by atoms with Crippen LogP contribution in [0.5, 0.6) is 0 Å². The molecular weight excluding hydrogens is 947 g/mol. The van der Waals surface area contributed by atoms with E-state index in [0.717, 1.165) is 44.9 Å². The van der Waals surface area contributed by atoms with Gasteiger partial charge in [0.1, 0.15) is 0 Å². The Morgan fingerprint density at radius 3 is 0.922 bits per heavy atom. The van der Waals surface area contributed by atoms with Crippen LogP contribution in [0.4, 0.5) is 0 Å². The average Bonchev–Trinajstić information content (AvgIpc) is 3.43. The fourth-order valence-corrected chi connectivity index (χ4v) is 11.1. The minimum atomic E-state index is -0.844. The fourth-order valence-electron chi connectivity index (χ4n) is 11.1. The average molecular weight is 1080 g/mol. The zero-order chi connectivity index (χ0) is 55.7. The molecule has 0 aliphatic carbocycles. The van der Waals surface area contributed by atoms with Crippen LogP contribution in [0.2, 0.25) is 0 Å². The Balaban J connectivity index is 3.38. The SMILES string of the molecule is CCCCCCCC/C=C\CCCCCCCCCC(=O)OCCCCCCCCCCCCCCCCCCCCCCCCCCC(=O)NC(CO)C(O)/C=C/CCCCCCCCCCCCCCCCCCC. The van der Waals surface area contributed by atoms with E-state index in [1.807, 2.05) is 6.08 Å². The van der Waals surface area contributed by atoms with Crippen LogP contribution < -0.4 is 5.32 Å². The smallest absolute Gasteiger partial charge is 0.305 e. The molecule has 1 amide bonds. The van der Waals surface area contributed by atoms with Gasteiger partial charge < -0.3 is 20.3 Å². The first kappa shape index (κ1) is 75.3. The maximum Gasteiger partial charge on any atom is 0.305 e. The van der Waals surface area contributed by atoms with E-state index >= 15 is 0 Å². The molecule has 3 N–H and O–H groups in total. The van der Waals surface area contributed by atoms with Gasteiger partial charge in [-0.25, -0.2) is 0 Å². The number of rotatable bonds is 66. The van der Waals surface area contributed by atoms with E-state index in [-0.39, 0.29) is 18.5 Å². The summed E-state index contributed by atoms with van der Waals surface area (Å²) in [7, 11) is 0. The van der Waals surface area contributed by atoms with E-state index in [2.05, 4.69) is 31.3 Å². The lowest BCUT2D eigenvalue weighted by Crippen LogP contribution is -2.45. The van der Waals surface area contributed by atoms with Crippen molar-refractivity contribution in [2.45, 2.75) is 405 Å². The Kier molecular flexibility index (Phi) is 65.4. The molecule has 0 aromatic rings. The molecule has 0 aliphatic rings. The number of allylic oxidation sites excluding steroid dienone is 3. The number of unbranched alkanes of at least 4 members (excludes halogenated alkanes) is 53. The number of hydrogen-bond acceptors (Lipinski definition) is 5. The maximum absolute atomic E-state index is 12.5. The standard InChI is InChI=1S/C71H137NO5/c1-3-5-7-9-11-13-15-17-19-21-28-32-35-39-43-47-51-55-59-63-69(74)68(67-73)72-70(75)64-60-56-52-48-44-40-36-33-29-26-24-22-23-25-27-30-34-38-42-46-50-54-58-62-66-77-71(76)65-61-57-53-49-45-41-37-31-20-18-16-14-12-10-8-6-4-2/h18,20,59,63,68-69,73-74H,3-17,19,21-58,60-62,64-67H2,1-2H3,(H,72,75)/b20-18-,63-59+. The first-order valence-corrected chi connectivity index (χ1v) is 35.1. The molecule has 2 atom stereocenters. The molecule has 0 bridgehead atoms. The van der Waals surface area contributed by atoms with Gasteiger partial charge in [0.15, 0.2) is 0 Å². The van der Waals surface area contributed by atoms with Crippen molar-refractivity contribution in [3.63, 3.8) is 0 Å². The van der Waals surface area contributed by atoms with Crippen molar-refractivity contribution in [2.75, 3.05) is 13.2 Å². The Labute approximate surface area is 481 Å². The molecule has 0 spiro atoms. The summed E-state index contributed by atoms with van der Waals surface area (Å²) in [6.45, 7) is 4.94. The van der Waals surface area contributed by atoms with Gasteiger partial charge in [0.2, 0.25) is 5.91 Å². The molecule has 0 aromatic carbocycles. The van der Waals surface area contributed by atoms with Crippen molar-refractivity contribution in [3.8, 4) is 0 Å². The third-order valence-electron chi connectivity index (χ3n) is 16.5. The van der Waals surface area contributed by atoms with Crippen LogP contribution in [-0.4, -0.2) is 47.4 Å². The number of nitrogens with one attached hydrogen (secondary N) is 1. The monoisotopic (exact) mass is 1080 g/mol. The lowest BCUT2D eigenvalue weighted by Gasteiger charge is -2.20. The molecule has 456 valence electrons. The lowest BCUT2D eigenvalue weighted by molar-refractivity contribution is -0.143. The van der Waals surface area contributed by atoms with Crippen LogP contribution in [0, 0.1) is 0 Å². The van der Waals surface area contributed by atoms with Gasteiger partial charge in [-0.05, 0) is 57.8 Å². The molecular formula is C71H137NO5. The van der Waals surface area contributed by atoms with E-state index in [9.17, 15) is 19.8 Å². The first-order valence-electron chi connectivity index (χ1n) is 35.1. The molecule has 2 unspecified atom stereocenters. The minimum Gasteiger partial charge on any atom is -0.466 e. The van der Waals surface area contributed by atoms with Gasteiger partial charge in [-0.3, -0.25) is 9.59 Å². The van der Waals surface area contributed by atoms with Crippen molar-refractivity contribution >= 4 is 11.9 Å². The van der Waals surface area contributed by atoms with Crippen LogP contribution >= 0.6 is 0 Å². The zero-order valence-corrected chi connectivity index (χ0v) is 52.2. The molecule has 0 aromatic heterocycles. The summed E-state index contributed by atoms with van der Waals surface area (Å²) in [5.74, 6) is -0.0507. The van der Waals surface area contributed by atoms with Gasteiger partial charge in [0, 0.05) is 12.8 Å².